The molecule has 0 saturated heterocycles. The van der Waals surface area contributed by atoms with Crippen molar-refractivity contribution < 1.29 is 19.4 Å². The van der Waals surface area contributed by atoms with E-state index in [-0.39, 0.29) is 22.3 Å². The highest BCUT2D eigenvalue weighted by molar-refractivity contribution is 6.26. The fourth-order valence-electron chi connectivity index (χ4n) is 2.59. The maximum absolute atomic E-state index is 12.5. The summed E-state index contributed by atoms with van der Waals surface area (Å²) >= 11 is 0. The Morgan fingerprint density at radius 3 is 2.09 bits per heavy atom. The van der Waals surface area contributed by atoms with Crippen LogP contribution >= 0.6 is 0 Å². The van der Waals surface area contributed by atoms with Crippen molar-refractivity contribution in [1.82, 2.24) is 0 Å². The van der Waals surface area contributed by atoms with Gasteiger partial charge in [-0.3, -0.25) is 29.8 Å². The molecule has 0 aromatic heterocycles. The number of fused-ring (bicyclic) bond motifs is 3. The van der Waals surface area contributed by atoms with Gasteiger partial charge in [-0.1, -0.05) is 12.1 Å². The average molecular weight is 297 g/mol. The number of nitro benzene ring substituents is 2. The first-order valence-corrected chi connectivity index (χ1v) is 5.99. The molecule has 0 amide bonds. The topological polar surface area (TPSA) is 120 Å². The molecule has 2 aromatic rings. The van der Waals surface area contributed by atoms with E-state index in [9.17, 15) is 29.8 Å². The molecule has 8 nitrogen and oxygen atoms in total. The molecule has 1 aliphatic rings. The number of nitrogens with zero attached hydrogens (tertiary/aromatic N) is 2. The Bertz CT molecular complexity index is 887. The van der Waals surface area contributed by atoms with Crippen molar-refractivity contribution in [2.45, 2.75) is 0 Å². The van der Waals surface area contributed by atoms with Crippen molar-refractivity contribution in [1.29, 1.82) is 0 Å². The average Bonchev–Trinajstić information content (AvgIpc) is 2.79. The second-order valence-electron chi connectivity index (χ2n) is 4.53. The smallest absolute Gasteiger partial charge is 0.281 e. The van der Waals surface area contributed by atoms with Gasteiger partial charge in [0.2, 0.25) is 12.1 Å². The lowest BCUT2D eigenvalue weighted by molar-refractivity contribution is -0.385. The summed E-state index contributed by atoms with van der Waals surface area (Å²) in [5, 5.41) is 22.0. The highest BCUT2D eigenvalue weighted by Crippen LogP contribution is 2.43. The molecule has 2 aromatic carbocycles. The first-order valence-electron chi connectivity index (χ1n) is 5.99. The van der Waals surface area contributed by atoms with Crippen molar-refractivity contribution in [3.8, 4) is 11.1 Å². The lowest BCUT2D eigenvalue weighted by Gasteiger charge is -2.02. The number of hydrogen-bond donors (Lipinski definition) is 0. The van der Waals surface area contributed by atoms with Gasteiger partial charge in [0.15, 0.2) is 0 Å². The summed E-state index contributed by atoms with van der Waals surface area (Å²) in [6.45, 7) is 0. The monoisotopic (exact) mass is 297 g/mol. The molecular weight excluding hydrogens is 292 g/mol. The van der Waals surface area contributed by atoms with Crippen LogP contribution < -0.4 is 0 Å². The summed E-state index contributed by atoms with van der Waals surface area (Å²) in [7, 11) is 0. The Morgan fingerprint density at radius 1 is 0.864 bits per heavy atom. The molecule has 0 heterocycles. The predicted molar refractivity (Wildman–Crippen MR) is 73.4 cm³/mol. The third kappa shape index (κ3) is 1.64. The van der Waals surface area contributed by atoms with Gasteiger partial charge >= 0.3 is 0 Å². The van der Waals surface area contributed by atoms with E-state index in [1.165, 1.54) is 30.6 Å². The van der Waals surface area contributed by atoms with E-state index in [1.807, 2.05) is 0 Å². The van der Waals surface area contributed by atoms with E-state index in [0.717, 1.165) is 6.07 Å². The molecule has 3 rings (SSSR count). The zero-order valence-corrected chi connectivity index (χ0v) is 10.7. The van der Waals surface area contributed by atoms with Gasteiger partial charge in [0, 0.05) is 23.3 Å². The number of hydrogen-bond acceptors (Lipinski definition) is 6. The number of ketones is 1. The normalized spacial score (nSPS) is 11.7. The van der Waals surface area contributed by atoms with E-state index in [4.69, 9.17) is 0 Å². The summed E-state index contributed by atoms with van der Waals surface area (Å²) in [6, 6.07) is 6.46. The number of benzene rings is 2. The summed E-state index contributed by atoms with van der Waals surface area (Å²) in [4.78, 5) is 44.0. The van der Waals surface area contributed by atoms with Crippen LogP contribution in [0.25, 0.3) is 11.1 Å². The van der Waals surface area contributed by atoms with Crippen LogP contribution in [0.3, 0.4) is 0 Å². The minimum atomic E-state index is -0.800. The van der Waals surface area contributed by atoms with E-state index >= 15 is 0 Å². The zero-order chi connectivity index (χ0) is 16.0. The standard InChI is InChI=1S/C14H5N2O6/c17-6-9-10(15(19)20)5-4-8-7-2-1-3-11(16(21)22)13(7)14(18)12(8)9/h1-5H. The van der Waals surface area contributed by atoms with Crippen LogP contribution in [-0.2, 0) is 4.79 Å². The summed E-state index contributed by atoms with van der Waals surface area (Å²) in [6.07, 6.45) is 1.41. The van der Waals surface area contributed by atoms with Gasteiger partial charge in [0.05, 0.1) is 9.85 Å². The van der Waals surface area contributed by atoms with Crippen LogP contribution in [0.5, 0.6) is 0 Å². The first kappa shape index (κ1) is 13.6. The molecular formula is C14H5N2O6. The lowest BCUT2D eigenvalue weighted by atomic mass is 10.00. The van der Waals surface area contributed by atoms with Gasteiger partial charge < -0.3 is 0 Å². The Kier molecular flexibility index (Phi) is 2.81. The molecule has 0 fully saturated rings. The molecule has 22 heavy (non-hydrogen) atoms. The number of carbonyl (C=O) groups is 1. The van der Waals surface area contributed by atoms with E-state index in [2.05, 4.69) is 0 Å². The van der Waals surface area contributed by atoms with E-state index < -0.39 is 32.6 Å². The Hall–Kier alpha value is -3.42. The van der Waals surface area contributed by atoms with E-state index in [1.54, 1.807) is 0 Å². The maximum Gasteiger partial charge on any atom is 0.281 e. The van der Waals surface area contributed by atoms with Gasteiger partial charge in [-0.2, -0.15) is 0 Å². The Morgan fingerprint density at radius 2 is 1.50 bits per heavy atom. The summed E-state index contributed by atoms with van der Waals surface area (Å²) in [5.41, 5.74) is -1.30. The number of rotatable bonds is 3. The molecule has 0 unspecified atom stereocenters. The summed E-state index contributed by atoms with van der Waals surface area (Å²) < 4.78 is 0. The second-order valence-corrected chi connectivity index (χ2v) is 4.53. The van der Waals surface area contributed by atoms with Crippen LogP contribution in [0.15, 0.2) is 30.3 Å². The van der Waals surface area contributed by atoms with Crippen molar-refractivity contribution >= 4 is 23.4 Å². The summed E-state index contributed by atoms with van der Waals surface area (Å²) in [5.74, 6) is -0.778. The SMILES string of the molecule is O=[C]c1c([N+](=O)[O-])ccc2c1C(=O)c1c-2cccc1[N+](=O)[O-]. The maximum atomic E-state index is 12.5. The minimum absolute atomic E-state index is 0.167. The van der Waals surface area contributed by atoms with Crippen molar-refractivity contribution in [3.63, 3.8) is 0 Å². The largest absolute Gasteiger partial charge is 0.288 e. The molecule has 8 heteroatoms. The fraction of sp³-hybridized carbons (Fsp3) is 0. The van der Waals surface area contributed by atoms with Gasteiger partial charge in [-0.15, -0.1) is 0 Å². The molecule has 0 bridgehead atoms. The Balaban J connectivity index is 2.39. The van der Waals surface area contributed by atoms with Gasteiger partial charge in [0.1, 0.15) is 11.1 Å². The van der Waals surface area contributed by atoms with Crippen LogP contribution in [0.2, 0.25) is 0 Å². The third-order valence-electron chi connectivity index (χ3n) is 3.47. The van der Waals surface area contributed by atoms with Crippen molar-refractivity contribution in [2.75, 3.05) is 0 Å². The van der Waals surface area contributed by atoms with Crippen LogP contribution in [-0.4, -0.2) is 21.9 Å². The van der Waals surface area contributed by atoms with Gasteiger partial charge in [0.25, 0.3) is 11.4 Å². The second kappa shape index (κ2) is 4.55. The lowest BCUT2D eigenvalue weighted by Crippen LogP contribution is -2.06. The molecule has 0 spiro atoms. The third-order valence-corrected chi connectivity index (χ3v) is 3.47. The highest BCUT2D eigenvalue weighted by Gasteiger charge is 2.38. The van der Waals surface area contributed by atoms with Gasteiger partial charge in [-0.05, 0) is 11.6 Å². The predicted octanol–water partition coefficient (Wildman–Crippen LogP) is 2.17. The molecule has 0 aliphatic heterocycles. The molecule has 1 radical (unpaired) electrons. The molecule has 0 N–H and O–H groups in total. The molecule has 0 atom stereocenters. The fourth-order valence-corrected chi connectivity index (χ4v) is 2.59. The van der Waals surface area contributed by atoms with E-state index in [0.29, 0.717) is 0 Å². The molecule has 107 valence electrons. The van der Waals surface area contributed by atoms with Crippen LogP contribution in [0.4, 0.5) is 11.4 Å². The highest BCUT2D eigenvalue weighted by atomic mass is 16.6. The molecule has 0 saturated carbocycles. The quantitative estimate of drug-likeness (QED) is 0.539. The number of carbonyl (C=O) groups excluding carboxylic acids is 2. The van der Waals surface area contributed by atoms with Crippen molar-refractivity contribution in [2.24, 2.45) is 0 Å². The van der Waals surface area contributed by atoms with Crippen LogP contribution in [0.1, 0.15) is 21.5 Å². The zero-order valence-electron chi connectivity index (χ0n) is 10.7. The molecule has 1 aliphatic carbocycles. The van der Waals surface area contributed by atoms with Crippen LogP contribution in [0, 0.1) is 20.2 Å². The van der Waals surface area contributed by atoms with Gasteiger partial charge in [-0.25, -0.2) is 0 Å². The van der Waals surface area contributed by atoms with Crippen molar-refractivity contribution in [3.05, 3.63) is 67.3 Å². The minimum Gasteiger partial charge on any atom is -0.288 e. The Labute approximate surface area is 122 Å². The number of nitro groups is 2. The first-order chi connectivity index (χ1) is 10.5.